The number of hydrogen-bond donors (Lipinski definition) is 2. The number of aromatic hydroxyl groups is 1. The van der Waals surface area contributed by atoms with E-state index in [1.807, 2.05) is 13.8 Å². The minimum Gasteiger partial charge on any atom is -0.508 e. The summed E-state index contributed by atoms with van der Waals surface area (Å²) in [6, 6.07) is 11.0. The zero-order chi connectivity index (χ0) is 22.8. The third kappa shape index (κ3) is 3.97. The molecular formula is C26H29NO5. The smallest absolute Gasteiger partial charge is 0.295 e. The van der Waals surface area contributed by atoms with Crippen LogP contribution in [0.4, 0.5) is 0 Å². The lowest BCUT2D eigenvalue weighted by Crippen LogP contribution is -2.37. The third-order valence-electron chi connectivity index (χ3n) is 6.29. The summed E-state index contributed by atoms with van der Waals surface area (Å²) in [5, 5.41) is 21.3. The highest BCUT2D eigenvalue weighted by Crippen LogP contribution is 2.44. The van der Waals surface area contributed by atoms with Gasteiger partial charge in [0.05, 0.1) is 18.2 Å². The summed E-state index contributed by atoms with van der Waals surface area (Å²) < 4.78 is 5.72. The molecule has 4 rings (SSSR count). The Morgan fingerprint density at radius 2 is 1.88 bits per heavy atom. The molecule has 6 nitrogen and oxygen atoms in total. The first-order valence-corrected chi connectivity index (χ1v) is 11.2. The van der Waals surface area contributed by atoms with E-state index in [1.54, 1.807) is 47.4 Å². The number of ketones is 1. The molecule has 1 aliphatic carbocycles. The Morgan fingerprint density at radius 1 is 1.12 bits per heavy atom. The molecule has 168 valence electrons. The van der Waals surface area contributed by atoms with Crippen LogP contribution in [0.5, 0.6) is 11.5 Å². The number of carbonyl (C=O) groups is 2. The molecule has 1 atom stereocenters. The Hall–Kier alpha value is -3.28. The average molecular weight is 436 g/mol. The number of hydrogen-bond acceptors (Lipinski definition) is 5. The van der Waals surface area contributed by atoms with E-state index in [1.165, 1.54) is 0 Å². The summed E-state index contributed by atoms with van der Waals surface area (Å²) >= 11 is 0. The van der Waals surface area contributed by atoms with Crippen molar-refractivity contribution >= 4 is 17.4 Å². The van der Waals surface area contributed by atoms with E-state index < -0.39 is 17.7 Å². The molecule has 0 bridgehead atoms. The molecule has 1 amide bonds. The van der Waals surface area contributed by atoms with Crippen molar-refractivity contribution in [3.63, 3.8) is 0 Å². The number of rotatable bonds is 6. The molecule has 2 aromatic rings. The number of likely N-dealkylation sites (tertiary alicyclic amines) is 1. The number of aliphatic hydroxyl groups is 1. The Balaban J connectivity index is 1.82. The van der Waals surface area contributed by atoms with Crippen molar-refractivity contribution in [2.24, 2.45) is 0 Å². The fourth-order valence-electron chi connectivity index (χ4n) is 4.76. The van der Waals surface area contributed by atoms with E-state index >= 15 is 0 Å². The van der Waals surface area contributed by atoms with Crippen molar-refractivity contribution in [2.45, 2.75) is 58.0 Å². The number of phenols is 1. The van der Waals surface area contributed by atoms with Crippen LogP contribution in [0.25, 0.3) is 5.76 Å². The van der Waals surface area contributed by atoms with E-state index in [0.717, 1.165) is 43.4 Å². The lowest BCUT2D eigenvalue weighted by Gasteiger charge is -2.30. The van der Waals surface area contributed by atoms with Gasteiger partial charge in [-0.2, -0.15) is 0 Å². The molecule has 2 aliphatic rings. The summed E-state index contributed by atoms with van der Waals surface area (Å²) in [4.78, 5) is 27.9. The molecule has 1 saturated heterocycles. The third-order valence-corrected chi connectivity index (χ3v) is 6.29. The topological polar surface area (TPSA) is 87.1 Å². The highest BCUT2D eigenvalue weighted by atomic mass is 16.5. The zero-order valence-corrected chi connectivity index (χ0v) is 18.5. The monoisotopic (exact) mass is 435 g/mol. The predicted octanol–water partition coefficient (Wildman–Crippen LogP) is 4.85. The first kappa shape index (κ1) is 21.9. The van der Waals surface area contributed by atoms with Crippen LogP contribution in [-0.4, -0.2) is 39.5 Å². The number of aliphatic hydroxyl groups excluding tert-OH is 1. The van der Waals surface area contributed by atoms with Crippen molar-refractivity contribution in [3.8, 4) is 11.5 Å². The highest BCUT2D eigenvalue weighted by molar-refractivity contribution is 6.46. The standard InChI is InChI=1S/C26H29NO5/c1-3-13-32-21-12-11-18(14-16(21)2)24(29)22-23(17-7-6-10-20(28)15-17)27(26(31)25(22)30)19-8-4-5-9-19/h6-7,10-12,14-15,19,23,28-29H,3-5,8-9,13H2,1-2H3/b24-22-. The number of phenolic OH excluding ortho intramolecular Hbond substituents is 1. The van der Waals surface area contributed by atoms with E-state index in [0.29, 0.717) is 17.7 Å². The quantitative estimate of drug-likeness (QED) is 0.385. The van der Waals surface area contributed by atoms with Crippen molar-refractivity contribution in [1.82, 2.24) is 4.90 Å². The second-order valence-electron chi connectivity index (χ2n) is 8.57. The molecular weight excluding hydrogens is 406 g/mol. The molecule has 2 aromatic carbocycles. The molecule has 1 heterocycles. The number of Topliss-reactive ketones (excluding diaryl/α,β-unsaturated/α-hetero) is 1. The molecule has 1 saturated carbocycles. The van der Waals surface area contributed by atoms with E-state index in [4.69, 9.17) is 4.74 Å². The van der Waals surface area contributed by atoms with Gasteiger partial charge < -0.3 is 19.8 Å². The SMILES string of the molecule is CCCOc1ccc(/C(O)=C2/C(=O)C(=O)N(C3CCCC3)C2c2cccc(O)c2)cc1C. The Kier molecular flexibility index (Phi) is 6.21. The van der Waals surface area contributed by atoms with Crippen molar-refractivity contribution in [3.05, 3.63) is 64.7 Å². The van der Waals surface area contributed by atoms with Gasteiger partial charge in [-0.3, -0.25) is 9.59 Å². The second-order valence-corrected chi connectivity index (χ2v) is 8.57. The molecule has 1 aliphatic heterocycles. The van der Waals surface area contributed by atoms with E-state index in [2.05, 4.69) is 0 Å². The van der Waals surface area contributed by atoms with Crippen LogP contribution in [0.2, 0.25) is 0 Å². The molecule has 0 spiro atoms. The molecule has 1 unspecified atom stereocenters. The second kappa shape index (κ2) is 9.07. The zero-order valence-electron chi connectivity index (χ0n) is 18.5. The van der Waals surface area contributed by atoms with Crippen molar-refractivity contribution in [2.75, 3.05) is 6.61 Å². The van der Waals surface area contributed by atoms with Gasteiger partial charge in [0.2, 0.25) is 0 Å². The minimum absolute atomic E-state index is 0.0489. The molecule has 0 aromatic heterocycles. The Labute approximate surface area is 188 Å². The minimum atomic E-state index is -0.735. The van der Waals surface area contributed by atoms with Gasteiger partial charge >= 0.3 is 0 Å². The summed E-state index contributed by atoms with van der Waals surface area (Å²) in [6.45, 7) is 4.50. The van der Waals surface area contributed by atoms with Crippen LogP contribution in [0.15, 0.2) is 48.0 Å². The predicted molar refractivity (Wildman–Crippen MR) is 121 cm³/mol. The Morgan fingerprint density at radius 3 is 2.53 bits per heavy atom. The van der Waals surface area contributed by atoms with E-state index in [-0.39, 0.29) is 23.1 Å². The number of amides is 1. The van der Waals surface area contributed by atoms with Crippen LogP contribution in [-0.2, 0) is 9.59 Å². The summed E-state index contributed by atoms with van der Waals surface area (Å²) in [7, 11) is 0. The van der Waals surface area contributed by atoms with Gasteiger partial charge in [0.15, 0.2) is 0 Å². The van der Waals surface area contributed by atoms with Crippen LogP contribution in [0, 0.1) is 6.92 Å². The summed E-state index contributed by atoms with van der Waals surface area (Å²) in [5.41, 5.74) is 1.97. The van der Waals surface area contributed by atoms with Crippen LogP contribution < -0.4 is 4.74 Å². The number of nitrogens with zero attached hydrogens (tertiary/aromatic N) is 1. The fourth-order valence-corrected chi connectivity index (χ4v) is 4.76. The Bertz CT molecular complexity index is 1070. The molecule has 0 radical (unpaired) electrons. The van der Waals surface area contributed by atoms with Gasteiger partial charge in [-0.05, 0) is 67.6 Å². The van der Waals surface area contributed by atoms with Gasteiger partial charge in [0.1, 0.15) is 17.3 Å². The maximum atomic E-state index is 13.2. The van der Waals surface area contributed by atoms with Crippen LogP contribution >= 0.6 is 0 Å². The van der Waals surface area contributed by atoms with Gasteiger partial charge in [-0.15, -0.1) is 0 Å². The lowest BCUT2D eigenvalue weighted by molar-refractivity contribution is -0.141. The molecule has 2 N–H and O–H groups in total. The number of benzene rings is 2. The van der Waals surface area contributed by atoms with Gasteiger partial charge in [0.25, 0.3) is 11.7 Å². The number of aryl methyl sites for hydroxylation is 1. The van der Waals surface area contributed by atoms with Crippen LogP contribution in [0.1, 0.15) is 61.8 Å². The maximum Gasteiger partial charge on any atom is 0.295 e. The van der Waals surface area contributed by atoms with E-state index in [9.17, 15) is 19.8 Å². The van der Waals surface area contributed by atoms with Gasteiger partial charge in [-0.1, -0.05) is 31.9 Å². The molecule has 6 heteroatoms. The normalized spacial score (nSPS) is 20.8. The van der Waals surface area contributed by atoms with Gasteiger partial charge in [0, 0.05) is 11.6 Å². The first-order valence-electron chi connectivity index (χ1n) is 11.2. The molecule has 2 fully saturated rings. The first-order chi connectivity index (χ1) is 15.4. The number of carbonyl (C=O) groups excluding carboxylic acids is 2. The lowest BCUT2D eigenvalue weighted by atomic mass is 9.94. The maximum absolute atomic E-state index is 13.2. The van der Waals surface area contributed by atoms with Crippen molar-refractivity contribution < 1.29 is 24.5 Å². The fraction of sp³-hybridized carbons (Fsp3) is 0.385. The highest BCUT2D eigenvalue weighted by Gasteiger charge is 2.49. The summed E-state index contributed by atoms with van der Waals surface area (Å²) in [5.74, 6) is -0.715. The summed E-state index contributed by atoms with van der Waals surface area (Å²) in [6.07, 6.45) is 4.53. The van der Waals surface area contributed by atoms with Crippen LogP contribution in [0.3, 0.4) is 0 Å². The largest absolute Gasteiger partial charge is 0.508 e. The average Bonchev–Trinajstić information content (AvgIpc) is 3.39. The van der Waals surface area contributed by atoms with Gasteiger partial charge in [-0.25, -0.2) is 0 Å². The number of ether oxygens (including phenoxy) is 1. The molecule has 32 heavy (non-hydrogen) atoms. The van der Waals surface area contributed by atoms with Crippen molar-refractivity contribution in [1.29, 1.82) is 0 Å².